The molecule has 0 aliphatic rings. The van der Waals surface area contributed by atoms with Gasteiger partial charge in [0.25, 0.3) is 0 Å². The van der Waals surface area contributed by atoms with Gasteiger partial charge in [0.1, 0.15) is 12.7 Å². The molecule has 0 aliphatic heterocycles. The van der Waals surface area contributed by atoms with Crippen LogP contribution >= 0.6 is 22.9 Å². The molecule has 6 heteroatoms. The van der Waals surface area contributed by atoms with E-state index in [1.807, 2.05) is 30.3 Å². The van der Waals surface area contributed by atoms with Gasteiger partial charge in [0, 0.05) is 6.04 Å². The number of aromatic nitrogens is 3. The topological polar surface area (TPSA) is 42.7 Å². The molecule has 2 aromatic heterocycles. The largest absolute Gasteiger partial charge is 0.377 e. The fourth-order valence-corrected chi connectivity index (χ4v) is 2.98. The molecule has 2 heterocycles. The van der Waals surface area contributed by atoms with Crippen LogP contribution in [0.4, 0.5) is 5.69 Å². The Bertz CT molecular complexity index is 693. The lowest BCUT2D eigenvalue weighted by atomic mass is 10.1. The van der Waals surface area contributed by atoms with Crippen molar-refractivity contribution in [1.29, 1.82) is 0 Å². The number of hydrogen-bond acceptors (Lipinski definition) is 4. The molecule has 0 spiro atoms. The maximum atomic E-state index is 5.99. The van der Waals surface area contributed by atoms with Crippen LogP contribution in [0.5, 0.6) is 0 Å². The lowest BCUT2D eigenvalue weighted by Gasteiger charge is -2.17. The van der Waals surface area contributed by atoms with E-state index in [2.05, 4.69) is 27.7 Å². The van der Waals surface area contributed by atoms with Crippen molar-refractivity contribution >= 4 is 28.6 Å². The Labute approximate surface area is 126 Å². The fraction of sp³-hybridized carbons (Fsp3) is 0.143. The van der Waals surface area contributed by atoms with Crippen LogP contribution in [0.25, 0.3) is 5.69 Å². The summed E-state index contributed by atoms with van der Waals surface area (Å²) in [5.41, 5.74) is 3.15. The van der Waals surface area contributed by atoms with Gasteiger partial charge in [0.15, 0.2) is 0 Å². The Morgan fingerprint density at radius 3 is 2.90 bits per heavy atom. The maximum Gasteiger partial charge on any atom is 0.138 e. The molecule has 0 bridgehead atoms. The van der Waals surface area contributed by atoms with Crippen molar-refractivity contribution in [1.82, 2.24) is 14.8 Å². The lowest BCUT2D eigenvalue weighted by molar-refractivity contribution is 0.855. The molecule has 0 saturated carbocycles. The van der Waals surface area contributed by atoms with Crippen molar-refractivity contribution in [2.24, 2.45) is 0 Å². The van der Waals surface area contributed by atoms with Gasteiger partial charge < -0.3 is 5.32 Å². The van der Waals surface area contributed by atoms with E-state index in [0.29, 0.717) is 0 Å². The minimum atomic E-state index is 0.170. The van der Waals surface area contributed by atoms with E-state index >= 15 is 0 Å². The molecule has 0 aliphatic carbocycles. The smallest absolute Gasteiger partial charge is 0.138 e. The molecule has 0 amide bonds. The van der Waals surface area contributed by atoms with Gasteiger partial charge in [0.2, 0.25) is 0 Å². The Morgan fingerprint density at radius 1 is 1.35 bits per heavy atom. The van der Waals surface area contributed by atoms with Gasteiger partial charge in [-0.25, -0.2) is 9.67 Å². The molecule has 0 radical (unpaired) electrons. The highest BCUT2D eigenvalue weighted by Gasteiger charge is 2.11. The molecule has 1 unspecified atom stereocenters. The summed E-state index contributed by atoms with van der Waals surface area (Å²) in [4.78, 5) is 3.99. The fourth-order valence-electron chi connectivity index (χ4n) is 2.00. The summed E-state index contributed by atoms with van der Waals surface area (Å²) < 4.78 is 2.55. The van der Waals surface area contributed by atoms with Crippen molar-refractivity contribution in [2.75, 3.05) is 5.32 Å². The third-order valence-corrected chi connectivity index (χ3v) is 4.14. The summed E-state index contributed by atoms with van der Waals surface area (Å²) in [7, 11) is 0. The van der Waals surface area contributed by atoms with Crippen LogP contribution in [-0.2, 0) is 0 Å². The van der Waals surface area contributed by atoms with Gasteiger partial charge in [-0.15, -0.1) is 11.3 Å². The van der Waals surface area contributed by atoms with Crippen molar-refractivity contribution in [3.8, 4) is 5.69 Å². The molecule has 0 fully saturated rings. The second kappa shape index (κ2) is 5.64. The molecule has 3 aromatic rings. The van der Waals surface area contributed by atoms with Crippen LogP contribution in [0.15, 0.2) is 48.4 Å². The number of hydrogen-bond donors (Lipinski definition) is 1. The Balaban J connectivity index is 1.88. The van der Waals surface area contributed by atoms with Crippen molar-refractivity contribution in [2.45, 2.75) is 13.0 Å². The summed E-state index contributed by atoms with van der Waals surface area (Å²) in [5.74, 6) is 0. The molecular weight excluding hydrogens is 292 g/mol. The number of nitrogens with zero attached hydrogens (tertiary/aromatic N) is 3. The van der Waals surface area contributed by atoms with Gasteiger partial charge in [-0.2, -0.15) is 5.10 Å². The standard InChI is InChI=1S/C14H13ClN4S/c1-10(11-6-14(15)20-7-11)18-12-4-2-3-5-13(12)19-9-16-8-17-19/h2-10,18H,1H3. The Hall–Kier alpha value is -1.85. The summed E-state index contributed by atoms with van der Waals surface area (Å²) in [6.45, 7) is 2.11. The highest BCUT2D eigenvalue weighted by molar-refractivity contribution is 7.14. The highest BCUT2D eigenvalue weighted by atomic mass is 35.5. The van der Waals surface area contributed by atoms with Gasteiger partial charge >= 0.3 is 0 Å². The zero-order valence-corrected chi connectivity index (χ0v) is 12.4. The van der Waals surface area contributed by atoms with Crippen LogP contribution in [0, 0.1) is 0 Å². The molecule has 1 atom stereocenters. The second-order valence-corrected chi connectivity index (χ2v) is 5.95. The summed E-state index contributed by atoms with van der Waals surface area (Å²) in [5, 5.41) is 9.73. The van der Waals surface area contributed by atoms with Gasteiger partial charge in [0.05, 0.1) is 15.7 Å². The van der Waals surface area contributed by atoms with E-state index in [0.717, 1.165) is 15.7 Å². The average Bonchev–Trinajstić information content (AvgIpc) is 3.10. The predicted octanol–water partition coefficient (Wildman–Crippen LogP) is 4.16. The van der Waals surface area contributed by atoms with Gasteiger partial charge in [-0.1, -0.05) is 23.7 Å². The third kappa shape index (κ3) is 2.69. The predicted molar refractivity (Wildman–Crippen MR) is 82.7 cm³/mol. The minimum absolute atomic E-state index is 0.170. The monoisotopic (exact) mass is 304 g/mol. The zero-order chi connectivity index (χ0) is 13.9. The maximum absolute atomic E-state index is 5.99. The SMILES string of the molecule is CC(Nc1ccccc1-n1cncn1)c1csc(Cl)c1. The molecule has 1 N–H and O–H groups in total. The first-order chi connectivity index (χ1) is 9.74. The molecule has 4 nitrogen and oxygen atoms in total. The van der Waals surface area contributed by atoms with Crippen molar-refractivity contribution < 1.29 is 0 Å². The molecule has 1 aromatic carbocycles. The number of rotatable bonds is 4. The van der Waals surface area contributed by atoms with Gasteiger partial charge in [-0.3, -0.25) is 0 Å². The number of thiophene rings is 1. The van der Waals surface area contributed by atoms with E-state index in [9.17, 15) is 0 Å². The zero-order valence-electron chi connectivity index (χ0n) is 10.8. The highest BCUT2D eigenvalue weighted by Crippen LogP contribution is 2.29. The number of halogens is 1. The van der Waals surface area contributed by atoms with E-state index < -0.39 is 0 Å². The van der Waals surface area contributed by atoms with E-state index in [1.165, 1.54) is 11.9 Å². The molecule has 0 saturated heterocycles. The van der Waals surface area contributed by atoms with Crippen LogP contribution in [0.3, 0.4) is 0 Å². The number of para-hydroxylation sites is 2. The Kier molecular flexibility index (Phi) is 3.71. The van der Waals surface area contributed by atoms with E-state index in [-0.39, 0.29) is 6.04 Å². The third-order valence-electron chi connectivity index (χ3n) is 3.03. The number of nitrogens with one attached hydrogen (secondary N) is 1. The number of anilines is 1. The van der Waals surface area contributed by atoms with Crippen LogP contribution < -0.4 is 5.32 Å². The minimum Gasteiger partial charge on any atom is -0.377 e. The van der Waals surface area contributed by atoms with Crippen LogP contribution in [0.1, 0.15) is 18.5 Å². The molecule has 3 rings (SSSR count). The molecular formula is C14H13ClN4S. The molecule has 20 heavy (non-hydrogen) atoms. The van der Waals surface area contributed by atoms with Crippen LogP contribution in [-0.4, -0.2) is 14.8 Å². The lowest BCUT2D eigenvalue weighted by Crippen LogP contribution is -2.08. The summed E-state index contributed by atoms with van der Waals surface area (Å²) in [6, 6.07) is 10.2. The van der Waals surface area contributed by atoms with E-state index in [1.54, 1.807) is 22.3 Å². The van der Waals surface area contributed by atoms with Crippen LogP contribution in [0.2, 0.25) is 4.34 Å². The van der Waals surface area contributed by atoms with Crippen molar-refractivity contribution in [3.05, 3.63) is 58.3 Å². The molecule has 102 valence electrons. The van der Waals surface area contributed by atoms with Crippen molar-refractivity contribution in [3.63, 3.8) is 0 Å². The first-order valence-corrected chi connectivity index (χ1v) is 7.44. The normalized spacial score (nSPS) is 12.3. The summed E-state index contributed by atoms with van der Waals surface area (Å²) in [6.07, 6.45) is 3.21. The summed E-state index contributed by atoms with van der Waals surface area (Å²) >= 11 is 7.53. The second-order valence-electron chi connectivity index (χ2n) is 4.41. The van der Waals surface area contributed by atoms with E-state index in [4.69, 9.17) is 11.6 Å². The first kappa shape index (κ1) is 13.1. The van der Waals surface area contributed by atoms with Gasteiger partial charge in [-0.05, 0) is 36.1 Å². The average molecular weight is 305 g/mol. The Morgan fingerprint density at radius 2 is 2.20 bits per heavy atom. The number of benzene rings is 1. The quantitative estimate of drug-likeness (QED) is 0.787. The first-order valence-electron chi connectivity index (χ1n) is 6.18.